The zero-order chi connectivity index (χ0) is 17.3. The van der Waals surface area contributed by atoms with Gasteiger partial charge in [-0.25, -0.2) is 4.79 Å². The Morgan fingerprint density at radius 3 is 2.83 bits per heavy atom. The van der Waals surface area contributed by atoms with Crippen LogP contribution in [-0.4, -0.2) is 47.0 Å². The number of nitrogens with one attached hydrogen (secondary N) is 1. The fourth-order valence-corrected chi connectivity index (χ4v) is 3.06. The van der Waals surface area contributed by atoms with E-state index in [4.69, 9.17) is 32.7 Å². The number of methoxy groups -OCH3 is 2. The second-order valence-corrected chi connectivity index (χ2v) is 5.80. The van der Waals surface area contributed by atoms with Crippen LogP contribution < -0.4 is 5.32 Å². The van der Waals surface area contributed by atoms with Crippen molar-refractivity contribution in [3.05, 3.63) is 45.1 Å². The van der Waals surface area contributed by atoms with Crippen molar-refractivity contribution in [3.63, 3.8) is 0 Å². The number of hydrogen-bond acceptors (Lipinski definition) is 7. The average Bonchev–Trinajstić information content (AvgIpc) is 3.02. The molecule has 2 aromatic rings. The number of carbonyl (C=O) groups excluding carboxylic acids is 1. The molecule has 1 atom stereocenters. The molecule has 8 nitrogen and oxygen atoms in total. The van der Waals surface area contributed by atoms with Gasteiger partial charge in [-0.1, -0.05) is 34.4 Å². The lowest BCUT2D eigenvalue weighted by atomic mass is 9.95. The molecule has 2 heterocycles. The molecule has 0 fully saturated rings. The quantitative estimate of drug-likeness (QED) is 0.824. The van der Waals surface area contributed by atoms with Crippen LogP contribution in [0, 0.1) is 0 Å². The standard InChI is InChI=1S/C14H13Cl2N5O3/c1-23-6-10-11(13(22)24-2)12(21-14(17-10)18-19-20-21)8-4-3-7(15)5-9(8)16/h3-5,12H,6H2,1-2H3,(H,17,18,20)/t12-/m1/s1. The van der Waals surface area contributed by atoms with Crippen molar-refractivity contribution in [1.29, 1.82) is 0 Å². The van der Waals surface area contributed by atoms with Gasteiger partial charge in [0.25, 0.3) is 0 Å². The maximum Gasteiger partial charge on any atom is 0.338 e. The Labute approximate surface area is 147 Å². The number of fused-ring (bicyclic) bond motifs is 1. The molecule has 1 N–H and O–H groups in total. The first-order valence-electron chi connectivity index (χ1n) is 6.87. The van der Waals surface area contributed by atoms with Gasteiger partial charge in [-0.05, 0) is 22.6 Å². The van der Waals surface area contributed by atoms with Crippen molar-refractivity contribution in [2.75, 3.05) is 26.1 Å². The number of anilines is 1. The third-order valence-electron chi connectivity index (χ3n) is 3.55. The first-order chi connectivity index (χ1) is 11.6. The molecule has 24 heavy (non-hydrogen) atoms. The number of halogens is 2. The minimum absolute atomic E-state index is 0.152. The van der Waals surface area contributed by atoms with E-state index >= 15 is 0 Å². The van der Waals surface area contributed by atoms with Crippen LogP contribution in [0.1, 0.15) is 11.6 Å². The third-order valence-corrected chi connectivity index (χ3v) is 4.11. The number of benzene rings is 1. The van der Waals surface area contributed by atoms with Crippen LogP contribution in [0.4, 0.5) is 5.95 Å². The molecular weight excluding hydrogens is 357 g/mol. The largest absolute Gasteiger partial charge is 0.466 e. The van der Waals surface area contributed by atoms with Gasteiger partial charge in [-0.3, -0.25) is 0 Å². The van der Waals surface area contributed by atoms with E-state index in [-0.39, 0.29) is 6.61 Å². The molecule has 3 rings (SSSR count). The maximum atomic E-state index is 12.4. The van der Waals surface area contributed by atoms with Crippen LogP contribution in [0.5, 0.6) is 0 Å². The number of nitrogens with zero attached hydrogens (tertiary/aromatic N) is 4. The molecule has 0 radical (unpaired) electrons. The number of ether oxygens (including phenoxy) is 2. The zero-order valence-corrected chi connectivity index (χ0v) is 14.3. The highest BCUT2D eigenvalue weighted by Crippen LogP contribution is 2.38. The molecule has 0 saturated heterocycles. The van der Waals surface area contributed by atoms with Crippen LogP contribution >= 0.6 is 23.2 Å². The van der Waals surface area contributed by atoms with Crippen molar-refractivity contribution in [3.8, 4) is 0 Å². The molecule has 0 saturated carbocycles. The molecule has 1 aromatic carbocycles. The number of aromatic nitrogens is 4. The summed E-state index contributed by atoms with van der Waals surface area (Å²) in [6.07, 6.45) is 0. The van der Waals surface area contributed by atoms with Gasteiger partial charge < -0.3 is 14.8 Å². The molecule has 1 aliphatic rings. The highest BCUT2D eigenvalue weighted by Gasteiger charge is 2.37. The molecule has 0 unspecified atom stereocenters. The van der Waals surface area contributed by atoms with Gasteiger partial charge in [-0.15, -0.1) is 0 Å². The predicted molar refractivity (Wildman–Crippen MR) is 87.0 cm³/mol. The minimum Gasteiger partial charge on any atom is -0.466 e. The zero-order valence-electron chi connectivity index (χ0n) is 12.8. The van der Waals surface area contributed by atoms with E-state index in [1.807, 2.05) is 0 Å². The van der Waals surface area contributed by atoms with E-state index in [1.165, 1.54) is 18.9 Å². The Morgan fingerprint density at radius 1 is 1.38 bits per heavy atom. The lowest BCUT2D eigenvalue weighted by Crippen LogP contribution is -2.31. The second-order valence-electron chi connectivity index (χ2n) is 4.96. The topological polar surface area (TPSA) is 91.2 Å². The van der Waals surface area contributed by atoms with E-state index in [0.29, 0.717) is 32.8 Å². The molecule has 126 valence electrons. The molecule has 0 bridgehead atoms. The van der Waals surface area contributed by atoms with Crippen LogP contribution in [-0.2, 0) is 14.3 Å². The van der Waals surface area contributed by atoms with Crippen LogP contribution in [0.3, 0.4) is 0 Å². The summed E-state index contributed by atoms with van der Waals surface area (Å²) in [6, 6.07) is 4.33. The molecule has 0 amide bonds. The number of esters is 1. The van der Waals surface area contributed by atoms with E-state index in [1.54, 1.807) is 18.2 Å². The Kier molecular flexibility index (Phi) is 4.70. The summed E-state index contributed by atoms with van der Waals surface area (Å²) in [4.78, 5) is 12.4. The SMILES string of the molecule is COCC1=C(C(=O)OC)[C@@H](c2ccc(Cl)cc2Cl)n2nnnc2N1. The van der Waals surface area contributed by atoms with Crippen molar-refractivity contribution < 1.29 is 14.3 Å². The maximum absolute atomic E-state index is 12.4. The van der Waals surface area contributed by atoms with Gasteiger partial charge in [0.1, 0.15) is 6.04 Å². The van der Waals surface area contributed by atoms with Gasteiger partial charge in [0.2, 0.25) is 5.95 Å². The average molecular weight is 370 g/mol. The summed E-state index contributed by atoms with van der Waals surface area (Å²) < 4.78 is 11.6. The van der Waals surface area contributed by atoms with E-state index in [2.05, 4.69) is 20.8 Å². The molecule has 1 aromatic heterocycles. The van der Waals surface area contributed by atoms with Crippen molar-refractivity contribution in [1.82, 2.24) is 20.2 Å². The van der Waals surface area contributed by atoms with Gasteiger partial charge in [0, 0.05) is 22.7 Å². The van der Waals surface area contributed by atoms with Gasteiger partial charge in [0.15, 0.2) is 0 Å². The van der Waals surface area contributed by atoms with Crippen molar-refractivity contribution >= 4 is 35.1 Å². The molecule has 0 spiro atoms. The summed E-state index contributed by atoms with van der Waals surface area (Å²) in [7, 11) is 2.82. The van der Waals surface area contributed by atoms with E-state index in [9.17, 15) is 4.79 Å². The molecule has 0 aliphatic carbocycles. The number of tetrazole rings is 1. The summed E-state index contributed by atoms with van der Waals surface area (Å²) in [5.41, 5.74) is 1.43. The minimum atomic E-state index is -0.668. The fraction of sp³-hybridized carbons (Fsp3) is 0.286. The highest BCUT2D eigenvalue weighted by atomic mass is 35.5. The Hall–Kier alpha value is -2.16. The fourth-order valence-electron chi connectivity index (χ4n) is 2.55. The highest BCUT2D eigenvalue weighted by molar-refractivity contribution is 6.35. The van der Waals surface area contributed by atoms with Crippen LogP contribution in [0.2, 0.25) is 10.0 Å². The summed E-state index contributed by atoms with van der Waals surface area (Å²) in [5.74, 6) is -0.169. The second kappa shape index (κ2) is 6.76. The Balaban J connectivity index is 2.23. The van der Waals surface area contributed by atoms with Gasteiger partial charge in [-0.2, -0.15) is 4.68 Å². The summed E-state index contributed by atoms with van der Waals surface area (Å²) >= 11 is 12.3. The number of rotatable bonds is 4. The first-order valence-corrected chi connectivity index (χ1v) is 7.62. The van der Waals surface area contributed by atoms with Gasteiger partial charge in [0.05, 0.1) is 25.0 Å². The summed E-state index contributed by atoms with van der Waals surface area (Å²) in [5, 5.41) is 15.4. The monoisotopic (exact) mass is 369 g/mol. The van der Waals surface area contributed by atoms with E-state index in [0.717, 1.165) is 0 Å². The lowest BCUT2D eigenvalue weighted by Gasteiger charge is -2.28. The van der Waals surface area contributed by atoms with Crippen LogP contribution in [0.15, 0.2) is 29.5 Å². The van der Waals surface area contributed by atoms with Crippen LogP contribution in [0.25, 0.3) is 0 Å². The van der Waals surface area contributed by atoms with Crippen molar-refractivity contribution in [2.45, 2.75) is 6.04 Å². The van der Waals surface area contributed by atoms with Gasteiger partial charge >= 0.3 is 5.97 Å². The molecule has 1 aliphatic heterocycles. The van der Waals surface area contributed by atoms with Crippen molar-refractivity contribution in [2.24, 2.45) is 0 Å². The third kappa shape index (κ3) is 2.83. The predicted octanol–water partition coefficient (Wildman–Crippen LogP) is 2.07. The normalized spacial score (nSPS) is 16.6. The number of hydrogen-bond donors (Lipinski definition) is 1. The lowest BCUT2D eigenvalue weighted by molar-refractivity contribution is -0.136. The smallest absolute Gasteiger partial charge is 0.338 e. The summed E-state index contributed by atoms with van der Waals surface area (Å²) in [6.45, 7) is 0.152. The Bertz CT molecular complexity index is 820. The molecular formula is C14H13Cl2N5O3. The Morgan fingerprint density at radius 2 is 2.17 bits per heavy atom. The molecule has 10 heteroatoms. The first kappa shape index (κ1) is 16.7. The number of carbonyl (C=O) groups is 1. The van der Waals surface area contributed by atoms with E-state index < -0.39 is 12.0 Å².